The molecule has 2 aromatic rings. The average molecular weight is 367 g/mol. The number of carbonyl (C=O) groups excluding carboxylic acids is 1. The van der Waals surface area contributed by atoms with Gasteiger partial charge in [0.05, 0.1) is 0 Å². The Bertz CT molecular complexity index is 645. The van der Waals surface area contributed by atoms with E-state index in [2.05, 4.69) is 26.1 Å². The Morgan fingerprint density at radius 1 is 1.19 bits per heavy atom. The van der Waals surface area contributed by atoms with E-state index >= 15 is 0 Å². The molecule has 0 spiro atoms. The van der Waals surface area contributed by atoms with Crippen molar-refractivity contribution in [3.8, 4) is 0 Å². The molecule has 1 aromatic heterocycles. The number of halogens is 2. The van der Waals surface area contributed by atoms with Gasteiger partial charge in [0.1, 0.15) is 4.60 Å². The molecule has 1 unspecified atom stereocenters. The molecule has 108 valence electrons. The molecule has 0 radical (unpaired) electrons. The normalized spacial score (nSPS) is 18.3. The van der Waals surface area contributed by atoms with Crippen LogP contribution < -0.4 is 4.90 Å². The highest BCUT2D eigenvalue weighted by Crippen LogP contribution is 2.26. The summed E-state index contributed by atoms with van der Waals surface area (Å²) in [5, 5.41) is 8.70. The predicted octanol–water partition coefficient (Wildman–Crippen LogP) is 3.49. The molecular formula is C15H13BrClN3O. The number of benzene rings is 1. The van der Waals surface area contributed by atoms with Gasteiger partial charge in [-0.2, -0.15) is 0 Å². The summed E-state index contributed by atoms with van der Waals surface area (Å²) in [4.78, 5) is 14.2. The summed E-state index contributed by atoms with van der Waals surface area (Å²) in [6.07, 6.45) is 1.57. The van der Waals surface area contributed by atoms with E-state index in [-0.39, 0.29) is 11.8 Å². The summed E-state index contributed by atoms with van der Waals surface area (Å²) in [5.74, 6) is 0.722. The number of hydrogen-bond donors (Lipinski definition) is 0. The van der Waals surface area contributed by atoms with Gasteiger partial charge in [-0.1, -0.05) is 23.7 Å². The summed E-state index contributed by atoms with van der Waals surface area (Å²) < 4.78 is 0.663. The van der Waals surface area contributed by atoms with E-state index in [0.29, 0.717) is 22.0 Å². The topological polar surface area (TPSA) is 46.1 Å². The maximum Gasteiger partial charge on any atom is 0.231 e. The molecule has 1 amide bonds. The number of rotatable bonds is 3. The minimum absolute atomic E-state index is 0.00313. The van der Waals surface area contributed by atoms with Crippen LogP contribution in [0, 0.1) is 5.92 Å². The number of hydrogen-bond acceptors (Lipinski definition) is 3. The highest BCUT2D eigenvalue weighted by molar-refractivity contribution is 9.10. The third-order valence-corrected chi connectivity index (χ3v) is 4.28. The van der Waals surface area contributed by atoms with E-state index in [1.165, 1.54) is 0 Å². The van der Waals surface area contributed by atoms with Crippen molar-refractivity contribution in [2.24, 2.45) is 5.92 Å². The molecular weight excluding hydrogens is 354 g/mol. The maximum atomic E-state index is 12.5. The maximum absolute atomic E-state index is 12.5. The SMILES string of the molecule is O=C1C(Cc2ccc(Cl)cc2)CCN1c1ccc(Br)nn1. The minimum Gasteiger partial charge on any atom is -0.295 e. The lowest BCUT2D eigenvalue weighted by molar-refractivity contribution is -0.120. The molecule has 0 N–H and O–H groups in total. The monoisotopic (exact) mass is 365 g/mol. The fourth-order valence-corrected chi connectivity index (χ4v) is 2.85. The Balaban J connectivity index is 1.71. The molecule has 2 heterocycles. The highest BCUT2D eigenvalue weighted by atomic mass is 79.9. The number of amides is 1. The largest absolute Gasteiger partial charge is 0.295 e. The molecule has 0 saturated carbocycles. The van der Waals surface area contributed by atoms with Crippen molar-refractivity contribution in [2.45, 2.75) is 12.8 Å². The average Bonchev–Trinajstić information content (AvgIpc) is 2.84. The van der Waals surface area contributed by atoms with Crippen molar-refractivity contribution < 1.29 is 4.79 Å². The van der Waals surface area contributed by atoms with Gasteiger partial charge in [0.25, 0.3) is 0 Å². The number of nitrogens with zero attached hydrogens (tertiary/aromatic N) is 3. The van der Waals surface area contributed by atoms with Crippen LogP contribution in [0.15, 0.2) is 41.0 Å². The first-order valence-corrected chi connectivity index (χ1v) is 7.85. The molecule has 1 aliphatic rings. The lowest BCUT2D eigenvalue weighted by atomic mass is 9.98. The van der Waals surface area contributed by atoms with Gasteiger partial charge in [0.15, 0.2) is 5.82 Å². The van der Waals surface area contributed by atoms with E-state index in [9.17, 15) is 4.79 Å². The van der Waals surface area contributed by atoms with Crippen LogP contribution in [0.25, 0.3) is 0 Å². The Morgan fingerprint density at radius 2 is 1.95 bits per heavy atom. The van der Waals surface area contributed by atoms with Crippen LogP contribution in [-0.4, -0.2) is 22.6 Å². The Kier molecular flexibility index (Phi) is 4.22. The van der Waals surface area contributed by atoms with Gasteiger partial charge < -0.3 is 0 Å². The molecule has 21 heavy (non-hydrogen) atoms. The predicted molar refractivity (Wildman–Crippen MR) is 85.3 cm³/mol. The van der Waals surface area contributed by atoms with Crippen molar-refractivity contribution in [1.82, 2.24) is 10.2 Å². The molecule has 3 rings (SSSR count). The molecule has 6 heteroatoms. The first kappa shape index (κ1) is 14.5. The third kappa shape index (κ3) is 3.24. The van der Waals surface area contributed by atoms with Crippen LogP contribution in [0.1, 0.15) is 12.0 Å². The van der Waals surface area contributed by atoms with E-state index < -0.39 is 0 Å². The van der Waals surface area contributed by atoms with Gasteiger partial charge in [0.2, 0.25) is 5.91 Å². The second-order valence-corrected chi connectivity index (χ2v) is 6.27. The van der Waals surface area contributed by atoms with Crippen LogP contribution in [0.4, 0.5) is 5.82 Å². The van der Waals surface area contributed by atoms with Gasteiger partial charge in [-0.25, -0.2) is 0 Å². The highest BCUT2D eigenvalue weighted by Gasteiger charge is 2.33. The fourth-order valence-electron chi connectivity index (χ4n) is 2.51. The van der Waals surface area contributed by atoms with Crippen molar-refractivity contribution in [3.05, 3.63) is 51.6 Å². The molecule has 1 saturated heterocycles. The lowest BCUT2D eigenvalue weighted by Crippen LogP contribution is -2.28. The van der Waals surface area contributed by atoms with E-state index in [1.54, 1.807) is 17.0 Å². The van der Waals surface area contributed by atoms with E-state index in [4.69, 9.17) is 11.6 Å². The van der Waals surface area contributed by atoms with Crippen molar-refractivity contribution >= 4 is 39.3 Å². The zero-order valence-corrected chi connectivity index (χ0v) is 13.5. The summed E-state index contributed by atoms with van der Waals surface area (Å²) in [6, 6.07) is 11.2. The summed E-state index contributed by atoms with van der Waals surface area (Å²) in [7, 11) is 0. The van der Waals surface area contributed by atoms with Crippen LogP contribution in [0.2, 0.25) is 5.02 Å². The molecule has 1 aromatic carbocycles. The number of aromatic nitrogens is 2. The van der Waals surface area contributed by atoms with Crippen LogP contribution >= 0.6 is 27.5 Å². The van der Waals surface area contributed by atoms with Crippen LogP contribution in [0.5, 0.6) is 0 Å². The minimum atomic E-state index is -0.00313. The van der Waals surface area contributed by atoms with Crippen molar-refractivity contribution in [3.63, 3.8) is 0 Å². The molecule has 1 aliphatic heterocycles. The van der Waals surface area contributed by atoms with Gasteiger partial charge in [-0.05, 0) is 58.6 Å². The lowest BCUT2D eigenvalue weighted by Gasteiger charge is -2.15. The molecule has 1 atom stereocenters. The molecule has 0 bridgehead atoms. The Morgan fingerprint density at radius 3 is 2.62 bits per heavy atom. The zero-order chi connectivity index (χ0) is 14.8. The number of carbonyl (C=O) groups is 1. The molecule has 4 nitrogen and oxygen atoms in total. The Hall–Kier alpha value is -1.46. The van der Waals surface area contributed by atoms with E-state index in [0.717, 1.165) is 18.4 Å². The van der Waals surface area contributed by atoms with Gasteiger partial charge in [-0.3, -0.25) is 9.69 Å². The summed E-state index contributed by atoms with van der Waals surface area (Å²) >= 11 is 9.12. The van der Waals surface area contributed by atoms with Gasteiger partial charge >= 0.3 is 0 Å². The van der Waals surface area contributed by atoms with Crippen molar-refractivity contribution in [1.29, 1.82) is 0 Å². The summed E-state index contributed by atoms with van der Waals surface area (Å²) in [5.41, 5.74) is 1.13. The first-order valence-electron chi connectivity index (χ1n) is 6.68. The van der Waals surface area contributed by atoms with Crippen molar-refractivity contribution in [2.75, 3.05) is 11.4 Å². The molecule has 1 fully saturated rings. The Labute approximate surface area is 136 Å². The second-order valence-electron chi connectivity index (χ2n) is 5.02. The van der Waals surface area contributed by atoms with Gasteiger partial charge in [-0.15, -0.1) is 10.2 Å². The zero-order valence-electron chi connectivity index (χ0n) is 11.2. The fraction of sp³-hybridized carbons (Fsp3) is 0.267. The van der Waals surface area contributed by atoms with Crippen LogP contribution in [0.3, 0.4) is 0 Å². The molecule has 0 aliphatic carbocycles. The summed E-state index contributed by atoms with van der Waals surface area (Å²) in [6.45, 7) is 0.688. The third-order valence-electron chi connectivity index (χ3n) is 3.61. The van der Waals surface area contributed by atoms with E-state index in [1.807, 2.05) is 24.3 Å². The van der Waals surface area contributed by atoms with Crippen LogP contribution in [-0.2, 0) is 11.2 Å². The first-order chi connectivity index (χ1) is 10.1. The standard InChI is InChI=1S/C15H13BrClN3O/c16-13-5-6-14(19-18-13)20-8-7-11(15(20)21)9-10-1-3-12(17)4-2-10/h1-6,11H,7-9H2. The van der Waals surface area contributed by atoms with Gasteiger partial charge in [0, 0.05) is 17.5 Å². The quantitative estimate of drug-likeness (QED) is 0.835. The number of anilines is 1. The second kappa shape index (κ2) is 6.12. The smallest absolute Gasteiger partial charge is 0.231 e.